The Morgan fingerprint density at radius 3 is 2.25 bits per heavy atom. The van der Waals surface area contributed by atoms with E-state index in [1.54, 1.807) is 6.20 Å². The zero-order valence-corrected chi connectivity index (χ0v) is 4.73. The molecule has 0 aliphatic carbocycles. The lowest BCUT2D eigenvalue weighted by molar-refractivity contribution is 1.39. The number of aryl methyl sites for hydroxylation is 1. The normalized spacial score (nSPS) is 9.62. The zero-order chi connectivity index (χ0) is 6.15. The summed E-state index contributed by atoms with van der Waals surface area (Å²) in [5.74, 6) is 0.558. The van der Waals surface area contributed by atoms with Gasteiger partial charge in [-0.05, 0) is 12.5 Å². The van der Waals surface area contributed by atoms with Crippen molar-refractivity contribution in [2.75, 3.05) is 11.5 Å². The summed E-state index contributed by atoms with van der Waals surface area (Å²) in [4.78, 5) is 2.79. The van der Waals surface area contributed by atoms with Crippen molar-refractivity contribution in [3.8, 4) is 0 Å². The van der Waals surface area contributed by atoms with Gasteiger partial charge in [0.25, 0.3) is 0 Å². The van der Waals surface area contributed by atoms with E-state index in [1.807, 2.05) is 6.92 Å². The minimum absolute atomic E-state index is 0.558. The van der Waals surface area contributed by atoms with Gasteiger partial charge in [0.1, 0.15) is 5.82 Å². The van der Waals surface area contributed by atoms with Crippen LogP contribution in [0.4, 0.5) is 11.5 Å². The van der Waals surface area contributed by atoms with Gasteiger partial charge >= 0.3 is 0 Å². The Balaban J connectivity index is 3.19. The van der Waals surface area contributed by atoms with Gasteiger partial charge < -0.3 is 16.5 Å². The smallest absolute Gasteiger partial charge is 0.124 e. The lowest BCUT2D eigenvalue weighted by Gasteiger charge is -1.87. The molecule has 0 fully saturated rings. The van der Waals surface area contributed by atoms with Crippen LogP contribution in [0.3, 0.4) is 0 Å². The van der Waals surface area contributed by atoms with Crippen molar-refractivity contribution in [2.45, 2.75) is 6.92 Å². The molecule has 0 atom stereocenters. The SMILES string of the molecule is Cc1c[nH]c(N)c1N. The van der Waals surface area contributed by atoms with Gasteiger partial charge in [0.2, 0.25) is 0 Å². The number of aromatic nitrogens is 1. The molecule has 0 bridgehead atoms. The maximum absolute atomic E-state index is 5.45. The van der Waals surface area contributed by atoms with Gasteiger partial charge in [-0.15, -0.1) is 0 Å². The van der Waals surface area contributed by atoms with Crippen LogP contribution < -0.4 is 11.5 Å². The average Bonchev–Trinajstić information content (AvgIpc) is 1.98. The number of nitrogens with two attached hydrogens (primary N) is 2. The minimum Gasteiger partial charge on any atom is -0.396 e. The van der Waals surface area contributed by atoms with Crippen LogP contribution in [-0.4, -0.2) is 4.98 Å². The quantitative estimate of drug-likeness (QED) is 0.456. The van der Waals surface area contributed by atoms with Crippen LogP contribution in [0.5, 0.6) is 0 Å². The number of aromatic amines is 1. The molecule has 0 saturated heterocycles. The number of nitrogen functional groups attached to an aromatic ring is 2. The predicted octanol–water partition coefficient (Wildman–Crippen LogP) is 0.488. The zero-order valence-electron chi connectivity index (χ0n) is 4.73. The second kappa shape index (κ2) is 1.43. The van der Waals surface area contributed by atoms with Crippen LogP contribution in [0.2, 0.25) is 0 Å². The summed E-state index contributed by atoms with van der Waals surface area (Å²) in [5.41, 5.74) is 12.5. The highest BCUT2D eigenvalue weighted by molar-refractivity contribution is 5.63. The first-order valence-corrected chi connectivity index (χ1v) is 2.40. The molecule has 1 aromatic rings. The van der Waals surface area contributed by atoms with E-state index in [2.05, 4.69) is 4.98 Å². The largest absolute Gasteiger partial charge is 0.396 e. The van der Waals surface area contributed by atoms with Gasteiger partial charge in [0.15, 0.2) is 0 Å². The van der Waals surface area contributed by atoms with Crippen LogP contribution >= 0.6 is 0 Å². The van der Waals surface area contributed by atoms with Crippen molar-refractivity contribution >= 4 is 11.5 Å². The third-order valence-corrected chi connectivity index (χ3v) is 1.16. The van der Waals surface area contributed by atoms with Gasteiger partial charge in [-0.25, -0.2) is 0 Å². The number of anilines is 2. The fourth-order valence-corrected chi connectivity index (χ4v) is 0.554. The number of rotatable bonds is 0. The lowest BCUT2D eigenvalue weighted by Crippen LogP contribution is -1.91. The van der Waals surface area contributed by atoms with E-state index in [0.717, 1.165) is 5.56 Å². The molecule has 0 aromatic carbocycles. The molecule has 0 amide bonds. The predicted molar refractivity (Wildman–Crippen MR) is 34.4 cm³/mol. The summed E-state index contributed by atoms with van der Waals surface area (Å²) in [5, 5.41) is 0. The van der Waals surface area contributed by atoms with Crippen LogP contribution in [0, 0.1) is 6.92 Å². The first-order chi connectivity index (χ1) is 3.72. The first-order valence-electron chi connectivity index (χ1n) is 2.40. The molecule has 0 spiro atoms. The van der Waals surface area contributed by atoms with Crippen molar-refractivity contribution in [1.29, 1.82) is 0 Å². The second-order valence-electron chi connectivity index (χ2n) is 1.80. The summed E-state index contributed by atoms with van der Waals surface area (Å²) in [7, 11) is 0. The van der Waals surface area contributed by atoms with Crippen LogP contribution in [0.15, 0.2) is 6.20 Å². The van der Waals surface area contributed by atoms with Gasteiger partial charge in [0, 0.05) is 6.20 Å². The number of nitrogens with one attached hydrogen (secondary N) is 1. The highest BCUT2D eigenvalue weighted by Gasteiger charge is 1.96. The molecule has 8 heavy (non-hydrogen) atoms. The molecule has 0 aliphatic rings. The molecule has 0 aliphatic heterocycles. The highest BCUT2D eigenvalue weighted by atomic mass is 14.9. The Kier molecular flexibility index (Phi) is 0.901. The summed E-state index contributed by atoms with van der Waals surface area (Å²) in [6, 6.07) is 0. The third kappa shape index (κ3) is 0.521. The molecule has 0 unspecified atom stereocenters. The third-order valence-electron chi connectivity index (χ3n) is 1.16. The summed E-state index contributed by atoms with van der Waals surface area (Å²) in [6.45, 7) is 1.90. The molecular formula is C5H9N3. The molecule has 5 N–H and O–H groups in total. The van der Waals surface area contributed by atoms with Crippen molar-refractivity contribution < 1.29 is 0 Å². The highest BCUT2D eigenvalue weighted by Crippen LogP contribution is 2.15. The van der Waals surface area contributed by atoms with E-state index < -0.39 is 0 Å². The Bertz CT molecular complexity index is 170. The van der Waals surface area contributed by atoms with Crippen molar-refractivity contribution in [3.05, 3.63) is 11.8 Å². The second-order valence-corrected chi connectivity index (χ2v) is 1.80. The minimum atomic E-state index is 0.558. The van der Waals surface area contributed by atoms with Gasteiger partial charge in [-0.1, -0.05) is 0 Å². The molecule has 0 radical (unpaired) electrons. The molecule has 1 aromatic heterocycles. The summed E-state index contributed by atoms with van der Waals surface area (Å²) >= 11 is 0. The van der Waals surface area contributed by atoms with Gasteiger partial charge in [-0.2, -0.15) is 0 Å². The first kappa shape index (κ1) is 5.03. The summed E-state index contributed by atoms with van der Waals surface area (Å²) in [6.07, 6.45) is 1.78. The molecule has 1 rings (SSSR count). The van der Waals surface area contributed by atoms with E-state index in [1.165, 1.54) is 0 Å². The van der Waals surface area contributed by atoms with Crippen molar-refractivity contribution in [2.24, 2.45) is 0 Å². The molecule has 3 heteroatoms. The Morgan fingerprint density at radius 2 is 2.12 bits per heavy atom. The molecular weight excluding hydrogens is 102 g/mol. The summed E-state index contributed by atoms with van der Waals surface area (Å²) < 4.78 is 0. The Hall–Kier alpha value is -1.12. The lowest BCUT2D eigenvalue weighted by atomic mass is 10.3. The molecule has 44 valence electrons. The van der Waals surface area contributed by atoms with E-state index in [9.17, 15) is 0 Å². The maximum atomic E-state index is 5.45. The number of hydrogen-bond acceptors (Lipinski definition) is 2. The van der Waals surface area contributed by atoms with Crippen molar-refractivity contribution in [1.82, 2.24) is 4.98 Å². The molecule has 3 nitrogen and oxygen atoms in total. The van der Waals surface area contributed by atoms with E-state index in [4.69, 9.17) is 11.5 Å². The fraction of sp³-hybridized carbons (Fsp3) is 0.200. The fourth-order valence-electron chi connectivity index (χ4n) is 0.554. The molecule has 1 heterocycles. The van der Waals surface area contributed by atoms with Crippen LogP contribution in [0.1, 0.15) is 5.56 Å². The standard InChI is InChI=1S/C5H9N3/c1-3-2-8-5(7)4(3)6/h2,8H,6-7H2,1H3. The Labute approximate surface area is 47.7 Å². The van der Waals surface area contributed by atoms with E-state index in [0.29, 0.717) is 11.5 Å². The topological polar surface area (TPSA) is 67.8 Å². The van der Waals surface area contributed by atoms with Crippen LogP contribution in [0.25, 0.3) is 0 Å². The number of H-pyrrole nitrogens is 1. The average molecular weight is 111 g/mol. The number of hydrogen-bond donors (Lipinski definition) is 3. The maximum Gasteiger partial charge on any atom is 0.124 e. The van der Waals surface area contributed by atoms with E-state index >= 15 is 0 Å². The van der Waals surface area contributed by atoms with Gasteiger partial charge in [-0.3, -0.25) is 0 Å². The van der Waals surface area contributed by atoms with Gasteiger partial charge in [0.05, 0.1) is 5.69 Å². The Morgan fingerprint density at radius 1 is 1.50 bits per heavy atom. The van der Waals surface area contributed by atoms with E-state index in [-0.39, 0.29) is 0 Å². The molecule has 0 saturated carbocycles. The van der Waals surface area contributed by atoms with Crippen LogP contribution in [-0.2, 0) is 0 Å². The monoisotopic (exact) mass is 111 g/mol. The van der Waals surface area contributed by atoms with Crippen molar-refractivity contribution in [3.63, 3.8) is 0 Å².